The van der Waals surface area contributed by atoms with Crippen molar-refractivity contribution in [1.82, 2.24) is 5.32 Å². The fraction of sp³-hybridized carbons (Fsp3) is 0.647. The number of hydrogen-bond donors (Lipinski definition) is 2. The minimum absolute atomic E-state index is 0.506. The first-order valence-electron chi connectivity index (χ1n) is 7.90. The number of methoxy groups -OCH3 is 1. The molecule has 1 fully saturated rings. The van der Waals surface area contributed by atoms with Gasteiger partial charge < -0.3 is 19.9 Å². The van der Waals surface area contributed by atoms with Crippen LogP contribution in [0.2, 0.25) is 0 Å². The molecule has 0 bridgehead atoms. The maximum Gasteiger partial charge on any atom is 0.161 e. The van der Waals surface area contributed by atoms with Crippen molar-refractivity contribution in [2.24, 2.45) is 0 Å². The highest BCUT2D eigenvalue weighted by molar-refractivity contribution is 5.42. The topological polar surface area (TPSA) is 50.7 Å². The van der Waals surface area contributed by atoms with E-state index in [2.05, 4.69) is 12.2 Å². The summed E-state index contributed by atoms with van der Waals surface area (Å²) in [5.41, 5.74) is 0.631. The van der Waals surface area contributed by atoms with Crippen molar-refractivity contribution in [3.05, 3.63) is 23.8 Å². The first-order valence-corrected chi connectivity index (χ1v) is 7.90. The van der Waals surface area contributed by atoms with Gasteiger partial charge in [-0.3, -0.25) is 0 Å². The zero-order valence-corrected chi connectivity index (χ0v) is 13.2. The molecule has 1 aromatic carbocycles. The lowest BCUT2D eigenvalue weighted by Gasteiger charge is -2.22. The monoisotopic (exact) mass is 293 g/mol. The Morgan fingerprint density at radius 3 is 2.67 bits per heavy atom. The van der Waals surface area contributed by atoms with Crippen molar-refractivity contribution in [2.45, 2.75) is 51.2 Å². The Kier molecular flexibility index (Phi) is 5.88. The smallest absolute Gasteiger partial charge is 0.161 e. The van der Waals surface area contributed by atoms with E-state index in [9.17, 15) is 5.11 Å². The molecule has 21 heavy (non-hydrogen) atoms. The van der Waals surface area contributed by atoms with Crippen LogP contribution >= 0.6 is 0 Å². The van der Waals surface area contributed by atoms with Crippen LogP contribution in [0.5, 0.6) is 11.5 Å². The largest absolute Gasteiger partial charge is 0.493 e. The van der Waals surface area contributed by atoms with Gasteiger partial charge in [0.2, 0.25) is 0 Å². The van der Waals surface area contributed by atoms with E-state index in [1.807, 2.05) is 18.2 Å². The van der Waals surface area contributed by atoms with Crippen LogP contribution in [0, 0.1) is 0 Å². The average Bonchev–Trinajstić information content (AvgIpc) is 2.92. The molecule has 1 saturated carbocycles. The van der Waals surface area contributed by atoms with Crippen LogP contribution in [-0.4, -0.2) is 31.0 Å². The van der Waals surface area contributed by atoms with Gasteiger partial charge in [0.1, 0.15) is 0 Å². The third kappa shape index (κ3) is 4.61. The molecule has 0 spiro atoms. The van der Waals surface area contributed by atoms with Gasteiger partial charge in [-0.25, -0.2) is 0 Å². The molecule has 4 nitrogen and oxygen atoms in total. The van der Waals surface area contributed by atoms with Crippen molar-refractivity contribution in [1.29, 1.82) is 0 Å². The van der Waals surface area contributed by atoms with Crippen LogP contribution in [0.1, 0.15) is 44.6 Å². The van der Waals surface area contributed by atoms with Gasteiger partial charge in [-0.15, -0.1) is 0 Å². The Labute approximate surface area is 127 Å². The maximum absolute atomic E-state index is 10.3. The van der Waals surface area contributed by atoms with Crippen molar-refractivity contribution < 1.29 is 14.6 Å². The summed E-state index contributed by atoms with van der Waals surface area (Å²) in [7, 11) is 1.66. The second kappa shape index (κ2) is 7.66. The number of benzene rings is 1. The molecule has 2 rings (SSSR count). The molecule has 0 aliphatic heterocycles. The summed E-state index contributed by atoms with van der Waals surface area (Å²) in [5, 5.41) is 13.7. The predicted octanol–water partition coefficient (Wildman–Crippen LogP) is 2.88. The minimum Gasteiger partial charge on any atom is -0.493 e. The van der Waals surface area contributed by atoms with Crippen molar-refractivity contribution in [2.75, 3.05) is 20.3 Å². The van der Waals surface area contributed by atoms with Crippen molar-refractivity contribution >= 4 is 0 Å². The Bertz CT molecular complexity index is 442. The SMILES string of the molecule is CCCOc1ccc(CNCC2(O)CCCC2)cc1OC. The van der Waals surface area contributed by atoms with Crippen LogP contribution < -0.4 is 14.8 Å². The summed E-state index contributed by atoms with van der Waals surface area (Å²) >= 11 is 0. The Morgan fingerprint density at radius 2 is 2.00 bits per heavy atom. The normalized spacial score (nSPS) is 16.9. The van der Waals surface area contributed by atoms with Gasteiger partial charge in [-0.2, -0.15) is 0 Å². The summed E-state index contributed by atoms with van der Waals surface area (Å²) < 4.78 is 11.0. The lowest BCUT2D eigenvalue weighted by molar-refractivity contribution is 0.0475. The molecule has 0 saturated heterocycles. The van der Waals surface area contributed by atoms with E-state index in [-0.39, 0.29) is 0 Å². The summed E-state index contributed by atoms with van der Waals surface area (Å²) in [5.74, 6) is 1.56. The molecule has 0 radical (unpaired) electrons. The fourth-order valence-electron chi connectivity index (χ4n) is 2.80. The quantitative estimate of drug-likeness (QED) is 0.774. The lowest BCUT2D eigenvalue weighted by Crippen LogP contribution is -2.37. The van der Waals surface area contributed by atoms with Crippen LogP contribution in [0.25, 0.3) is 0 Å². The summed E-state index contributed by atoms with van der Waals surface area (Å²) in [6.45, 7) is 4.16. The second-order valence-electron chi connectivity index (χ2n) is 5.87. The number of rotatable bonds is 8. The minimum atomic E-state index is -0.506. The van der Waals surface area contributed by atoms with Crippen LogP contribution in [0.3, 0.4) is 0 Å². The van der Waals surface area contributed by atoms with Crippen LogP contribution in [0.4, 0.5) is 0 Å². The molecule has 0 aromatic heterocycles. The molecule has 1 aromatic rings. The van der Waals surface area contributed by atoms with E-state index >= 15 is 0 Å². The summed E-state index contributed by atoms with van der Waals surface area (Å²) in [6.07, 6.45) is 5.07. The highest BCUT2D eigenvalue weighted by Crippen LogP contribution is 2.30. The molecule has 0 amide bonds. The fourth-order valence-corrected chi connectivity index (χ4v) is 2.80. The molecule has 1 aliphatic carbocycles. The second-order valence-corrected chi connectivity index (χ2v) is 5.87. The van der Waals surface area contributed by atoms with Gasteiger partial charge in [-0.1, -0.05) is 25.8 Å². The molecule has 2 N–H and O–H groups in total. The lowest BCUT2D eigenvalue weighted by atomic mass is 10.0. The first-order chi connectivity index (χ1) is 10.2. The van der Waals surface area contributed by atoms with Gasteiger partial charge in [0.05, 0.1) is 19.3 Å². The molecule has 0 heterocycles. The Hall–Kier alpha value is -1.26. The van der Waals surface area contributed by atoms with Gasteiger partial charge in [0.15, 0.2) is 11.5 Å². The van der Waals surface area contributed by atoms with Gasteiger partial charge in [0, 0.05) is 13.1 Å². The van der Waals surface area contributed by atoms with E-state index in [0.29, 0.717) is 13.2 Å². The number of hydrogen-bond acceptors (Lipinski definition) is 4. The highest BCUT2D eigenvalue weighted by atomic mass is 16.5. The highest BCUT2D eigenvalue weighted by Gasteiger charge is 2.30. The standard InChI is InChI=1S/C17H27NO3/c1-3-10-21-15-7-6-14(11-16(15)20-2)12-18-13-17(19)8-4-5-9-17/h6-7,11,18-19H,3-5,8-10,12-13H2,1-2H3. The van der Waals surface area contributed by atoms with Gasteiger partial charge in [0.25, 0.3) is 0 Å². The first kappa shape index (κ1) is 16.1. The Balaban J connectivity index is 1.88. The number of nitrogens with one attached hydrogen (secondary N) is 1. The third-order valence-corrected chi connectivity index (χ3v) is 4.01. The molecule has 118 valence electrons. The molecule has 0 atom stereocenters. The Morgan fingerprint density at radius 1 is 1.24 bits per heavy atom. The van der Waals surface area contributed by atoms with Crippen LogP contribution in [0.15, 0.2) is 18.2 Å². The van der Waals surface area contributed by atoms with E-state index in [1.165, 1.54) is 0 Å². The summed E-state index contributed by atoms with van der Waals surface area (Å²) in [6, 6.07) is 5.99. The van der Waals surface area contributed by atoms with Gasteiger partial charge >= 0.3 is 0 Å². The molecule has 1 aliphatic rings. The maximum atomic E-state index is 10.3. The van der Waals surface area contributed by atoms with E-state index in [4.69, 9.17) is 9.47 Å². The molecular formula is C17H27NO3. The molecule has 0 unspecified atom stereocenters. The zero-order valence-electron chi connectivity index (χ0n) is 13.2. The zero-order chi connectivity index (χ0) is 15.1. The van der Waals surface area contributed by atoms with E-state index in [0.717, 1.165) is 55.7 Å². The van der Waals surface area contributed by atoms with Crippen molar-refractivity contribution in [3.63, 3.8) is 0 Å². The number of aliphatic hydroxyl groups is 1. The molecule has 4 heteroatoms. The average molecular weight is 293 g/mol. The van der Waals surface area contributed by atoms with E-state index in [1.54, 1.807) is 7.11 Å². The number of ether oxygens (including phenoxy) is 2. The third-order valence-electron chi connectivity index (χ3n) is 4.01. The molecular weight excluding hydrogens is 266 g/mol. The predicted molar refractivity (Wildman–Crippen MR) is 83.9 cm³/mol. The van der Waals surface area contributed by atoms with Crippen molar-refractivity contribution in [3.8, 4) is 11.5 Å². The van der Waals surface area contributed by atoms with Crippen LogP contribution in [-0.2, 0) is 6.54 Å². The summed E-state index contributed by atoms with van der Waals surface area (Å²) in [4.78, 5) is 0. The van der Waals surface area contributed by atoms with Gasteiger partial charge in [-0.05, 0) is 37.0 Å². The van der Waals surface area contributed by atoms with E-state index < -0.39 is 5.60 Å².